The van der Waals surface area contributed by atoms with Crippen molar-refractivity contribution in [2.75, 3.05) is 0 Å². The fourth-order valence-electron chi connectivity index (χ4n) is 2.08. The molecule has 0 spiro atoms. The summed E-state index contributed by atoms with van der Waals surface area (Å²) in [7, 11) is -0.0146. The summed E-state index contributed by atoms with van der Waals surface area (Å²) in [5.74, 6) is -0.833. The average Bonchev–Trinajstić information content (AvgIpc) is 2.58. The van der Waals surface area contributed by atoms with Crippen molar-refractivity contribution in [2.45, 2.75) is 21.6 Å². The van der Waals surface area contributed by atoms with Gasteiger partial charge in [0, 0.05) is 6.92 Å². The van der Waals surface area contributed by atoms with Crippen molar-refractivity contribution in [1.29, 1.82) is 0 Å². The first-order chi connectivity index (χ1) is 11.2. The Kier molecular flexibility index (Phi) is 6.45. The second kappa shape index (κ2) is 8.81. The van der Waals surface area contributed by atoms with E-state index in [1.54, 1.807) is 0 Å². The third kappa shape index (κ3) is 5.31. The Bertz CT molecular complexity index is 614. The minimum Gasteiger partial charge on any atom is -0.481 e. The number of carbonyl (C=O) groups is 1. The SMILES string of the molecule is CC(=O)O.c1ccc([S+](c2ccccc2)c2ccccc2)cc1. The van der Waals surface area contributed by atoms with Crippen molar-refractivity contribution >= 4 is 16.9 Å². The predicted octanol–water partition coefficient (Wildman–Crippen LogP) is 4.87. The zero-order chi connectivity index (χ0) is 16.5. The maximum absolute atomic E-state index is 9.00. The monoisotopic (exact) mass is 323 g/mol. The first-order valence-electron chi connectivity index (χ1n) is 7.27. The molecule has 2 nitrogen and oxygen atoms in total. The van der Waals surface area contributed by atoms with E-state index in [0.717, 1.165) is 6.92 Å². The van der Waals surface area contributed by atoms with Gasteiger partial charge in [-0.05, 0) is 36.4 Å². The highest BCUT2D eigenvalue weighted by Crippen LogP contribution is 2.30. The maximum atomic E-state index is 9.00. The summed E-state index contributed by atoms with van der Waals surface area (Å²) < 4.78 is 0. The van der Waals surface area contributed by atoms with Gasteiger partial charge >= 0.3 is 0 Å². The van der Waals surface area contributed by atoms with Crippen LogP contribution in [0.1, 0.15) is 6.92 Å². The van der Waals surface area contributed by atoms with Crippen LogP contribution < -0.4 is 0 Å². The largest absolute Gasteiger partial charge is 0.481 e. The third-order valence-corrected chi connectivity index (χ3v) is 5.17. The van der Waals surface area contributed by atoms with E-state index in [1.807, 2.05) is 0 Å². The summed E-state index contributed by atoms with van der Waals surface area (Å²) in [6, 6.07) is 32.2. The second-order valence-electron chi connectivity index (χ2n) is 4.76. The van der Waals surface area contributed by atoms with E-state index in [1.165, 1.54) is 14.7 Å². The summed E-state index contributed by atoms with van der Waals surface area (Å²) in [5, 5.41) is 7.42. The topological polar surface area (TPSA) is 37.3 Å². The van der Waals surface area contributed by atoms with Crippen molar-refractivity contribution in [3.63, 3.8) is 0 Å². The van der Waals surface area contributed by atoms with Crippen LogP contribution in [0.15, 0.2) is 106 Å². The van der Waals surface area contributed by atoms with E-state index in [2.05, 4.69) is 91.0 Å². The molecule has 0 aliphatic carbocycles. The van der Waals surface area contributed by atoms with Crippen LogP contribution in [0.5, 0.6) is 0 Å². The minimum absolute atomic E-state index is 0.0146. The lowest BCUT2D eigenvalue weighted by Crippen LogP contribution is -2.04. The quantitative estimate of drug-likeness (QED) is 0.698. The summed E-state index contributed by atoms with van der Waals surface area (Å²) >= 11 is 0. The summed E-state index contributed by atoms with van der Waals surface area (Å²) in [6.07, 6.45) is 0. The van der Waals surface area contributed by atoms with E-state index in [4.69, 9.17) is 9.90 Å². The van der Waals surface area contributed by atoms with Gasteiger partial charge in [-0.25, -0.2) is 0 Å². The van der Waals surface area contributed by atoms with Gasteiger partial charge in [-0.15, -0.1) is 0 Å². The van der Waals surface area contributed by atoms with Gasteiger partial charge in [0.25, 0.3) is 5.97 Å². The lowest BCUT2D eigenvalue weighted by Gasteiger charge is -2.07. The summed E-state index contributed by atoms with van der Waals surface area (Å²) in [6.45, 7) is 1.08. The molecule has 0 atom stereocenters. The fourth-order valence-corrected chi connectivity index (χ4v) is 4.18. The number of hydrogen-bond donors (Lipinski definition) is 1. The molecule has 3 aromatic carbocycles. The van der Waals surface area contributed by atoms with Gasteiger partial charge in [0.05, 0.1) is 10.9 Å². The Morgan fingerprint density at radius 2 is 0.870 bits per heavy atom. The highest BCUT2D eigenvalue weighted by Gasteiger charge is 2.27. The number of carboxylic acids is 1. The lowest BCUT2D eigenvalue weighted by molar-refractivity contribution is -0.134. The average molecular weight is 323 g/mol. The van der Waals surface area contributed by atoms with Gasteiger partial charge in [0.15, 0.2) is 14.7 Å². The smallest absolute Gasteiger partial charge is 0.300 e. The molecular formula is C20H19O2S+. The molecule has 0 aliphatic rings. The first-order valence-corrected chi connectivity index (χ1v) is 8.50. The number of aliphatic carboxylic acids is 1. The molecule has 1 N–H and O–H groups in total. The van der Waals surface area contributed by atoms with Gasteiger partial charge in [0.2, 0.25) is 0 Å². The van der Waals surface area contributed by atoms with Crippen molar-refractivity contribution in [3.05, 3.63) is 91.0 Å². The van der Waals surface area contributed by atoms with Crippen LogP contribution in [-0.2, 0) is 15.7 Å². The molecule has 0 saturated carbocycles. The molecule has 0 amide bonds. The second-order valence-corrected chi connectivity index (χ2v) is 6.79. The zero-order valence-electron chi connectivity index (χ0n) is 12.9. The Labute approximate surface area is 139 Å². The third-order valence-electron chi connectivity index (χ3n) is 2.94. The lowest BCUT2D eigenvalue weighted by atomic mass is 10.4. The van der Waals surface area contributed by atoms with Crippen LogP contribution in [0.25, 0.3) is 0 Å². The molecule has 0 fully saturated rings. The van der Waals surface area contributed by atoms with E-state index in [9.17, 15) is 0 Å². The summed E-state index contributed by atoms with van der Waals surface area (Å²) in [4.78, 5) is 13.1. The number of benzene rings is 3. The molecule has 23 heavy (non-hydrogen) atoms. The predicted molar refractivity (Wildman–Crippen MR) is 94.8 cm³/mol. The molecule has 0 radical (unpaired) electrons. The van der Waals surface area contributed by atoms with Crippen molar-refractivity contribution in [3.8, 4) is 0 Å². The van der Waals surface area contributed by atoms with Gasteiger partial charge < -0.3 is 5.11 Å². The van der Waals surface area contributed by atoms with Crippen LogP contribution in [-0.4, -0.2) is 11.1 Å². The molecule has 3 aromatic rings. The molecule has 0 aliphatic heterocycles. The first kappa shape index (κ1) is 16.8. The molecule has 3 heteroatoms. The van der Waals surface area contributed by atoms with Crippen LogP contribution in [0, 0.1) is 0 Å². The van der Waals surface area contributed by atoms with E-state index >= 15 is 0 Å². The van der Waals surface area contributed by atoms with Gasteiger partial charge in [0.1, 0.15) is 0 Å². The highest BCUT2D eigenvalue weighted by molar-refractivity contribution is 7.97. The molecule has 0 heterocycles. The van der Waals surface area contributed by atoms with Crippen LogP contribution in [0.2, 0.25) is 0 Å². The standard InChI is InChI=1S/C18H15S.C2H4O2/c1-4-10-16(11-5-1)19(17-12-6-2-7-13-17)18-14-8-3-9-15-18;1-2(3)4/h1-15H;1H3,(H,3,4)/q+1;. The Balaban J connectivity index is 0.000000433. The molecule has 0 bridgehead atoms. The Hall–Kier alpha value is -2.52. The zero-order valence-corrected chi connectivity index (χ0v) is 13.7. The minimum atomic E-state index is -0.833. The van der Waals surface area contributed by atoms with E-state index in [0.29, 0.717) is 0 Å². The molecule has 116 valence electrons. The van der Waals surface area contributed by atoms with Crippen LogP contribution in [0.4, 0.5) is 0 Å². The number of hydrogen-bond acceptors (Lipinski definition) is 1. The maximum Gasteiger partial charge on any atom is 0.300 e. The van der Waals surface area contributed by atoms with Crippen molar-refractivity contribution in [1.82, 2.24) is 0 Å². The van der Waals surface area contributed by atoms with Gasteiger partial charge in [-0.1, -0.05) is 54.6 Å². The Morgan fingerprint density at radius 1 is 0.652 bits per heavy atom. The molecule has 3 rings (SSSR count). The van der Waals surface area contributed by atoms with E-state index < -0.39 is 5.97 Å². The molecular weight excluding hydrogens is 304 g/mol. The van der Waals surface area contributed by atoms with Crippen LogP contribution in [0.3, 0.4) is 0 Å². The van der Waals surface area contributed by atoms with Crippen molar-refractivity contribution < 1.29 is 9.90 Å². The van der Waals surface area contributed by atoms with Crippen LogP contribution >= 0.6 is 0 Å². The van der Waals surface area contributed by atoms with E-state index in [-0.39, 0.29) is 10.9 Å². The van der Waals surface area contributed by atoms with Gasteiger partial charge in [-0.3, -0.25) is 4.79 Å². The number of rotatable bonds is 3. The number of carboxylic acid groups (broad SMARTS) is 1. The normalized spacial score (nSPS) is 9.83. The molecule has 0 aromatic heterocycles. The summed E-state index contributed by atoms with van der Waals surface area (Å²) in [5.41, 5.74) is 0. The molecule has 0 unspecified atom stereocenters. The highest BCUT2D eigenvalue weighted by atomic mass is 32.2. The Morgan fingerprint density at radius 3 is 1.09 bits per heavy atom. The fraction of sp³-hybridized carbons (Fsp3) is 0.0500. The molecule has 0 saturated heterocycles. The van der Waals surface area contributed by atoms with Gasteiger partial charge in [-0.2, -0.15) is 0 Å². The van der Waals surface area contributed by atoms with Crippen molar-refractivity contribution in [2.24, 2.45) is 0 Å².